The Morgan fingerprint density at radius 1 is 1.58 bits per heavy atom. The number of rotatable bonds is 1. The molecule has 12 heavy (non-hydrogen) atoms. The Labute approximate surface area is 70.9 Å². The zero-order chi connectivity index (χ0) is 8.39. The Morgan fingerprint density at radius 2 is 2.50 bits per heavy atom. The van der Waals surface area contributed by atoms with Gasteiger partial charge in [0.2, 0.25) is 0 Å². The van der Waals surface area contributed by atoms with E-state index in [9.17, 15) is 5.11 Å². The third-order valence-electron chi connectivity index (χ3n) is 2.05. The van der Waals surface area contributed by atoms with Crippen molar-refractivity contribution in [3.8, 4) is 0 Å². The molecule has 0 radical (unpaired) electrons. The predicted molar refractivity (Wildman–Crippen MR) is 44.9 cm³/mol. The van der Waals surface area contributed by atoms with Crippen LogP contribution in [0, 0.1) is 0 Å². The third-order valence-corrected chi connectivity index (χ3v) is 2.05. The summed E-state index contributed by atoms with van der Waals surface area (Å²) in [7, 11) is 0. The van der Waals surface area contributed by atoms with Gasteiger partial charge in [-0.05, 0) is 12.5 Å². The molecule has 0 unspecified atom stereocenters. The van der Waals surface area contributed by atoms with Gasteiger partial charge in [-0.1, -0.05) is 0 Å². The number of aliphatic hydroxyl groups excluding tert-OH is 1. The molecule has 0 spiro atoms. The summed E-state index contributed by atoms with van der Waals surface area (Å²) in [5.74, 6) is 0.904. The maximum Gasteiger partial charge on any atom is 0.131 e. The Balaban J connectivity index is 2.11. The predicted octanol–water partition coefficient (Wildman–Crippen LogP) is 0.0476. The molecule has 1 aliphatic heterocycles. The molecule has 2 heterocycles. The highest BCUT2D eigenvalue weighted by Gasteiger charge is 2.20. The van der Waals surface area contributed by atoms with Crippen LogP contribution >= 0.6 is 0 Å². The Hall–Kier alpha value is -1.16. The topological polar surface area (TPSA) is 49.2 Å². The SMILES string of the molecule is O[C@H]1CCN(c2ccncn2)C1. The molecule has 1 atom stereocenters. The van der Waals surface area contributed by atoms with Crippen LogP contribution in [0.15, 0.2) is 18.6 Å². The molecule has 0 aliphatic carbocycles. The van der Waals surface area contributed by atoms with Crippen LogP contribution < -0.4 is 4.90 Å². The summed E-state index contributed by atoms with van der Waals surface area (Å²) in [6.45, 7) is 1.58. The van der Waals surface area contributed by atoms with E-state index < -0.39 is 0 Å². The lowest BCUT2D eigenvalue weighted by Crippen LogP contribution is -2.21. The number of anilines is 1. The molecule has 1 saturated heterocycles. The molecule has 0 aromatic carbocycles. The molecule has 64 valence electrons. The second-order valence-electron chi connectivity index (χ2n) is 2.96. The van der Waals surface area contributed by atoms with E-state index in [0.717, 1.165) is 18.8 Å². The quantitative estimate of drug-likeness (QED) is 0.638. The summed E-state index contributed by atoms with van der Waals surface area (Å²) >= 11 is 0. The Kier molecular flexibility index (Phi) is 1.91. The maximum atomic E-state index is 9.28. The number of β-amino-alcohol motifs (C(OH)–C–C–N with tert-alkyl or cyclic N) is 1. The van der Waals surface area contributed by atoms with Gasteiger partial charge >= 0.3 is 0 Å². The van der Waals surface area contributed by atoms with Crippen LogP contribution in [0.2, 0.25) is 0 Å². The first-order valence-corrected chi connectivity index (χ1v) is 4.05. The lowest BCUT2D eigenvalue weighted by molar-refractivity contribution is 0.198. The van der Waals surface area contributed by atoms with E-state index in [1.54, 1.807) is 6.20 Å². The molecular formula is C8H11N3O. The highest BCUT2D eigenvalue weighted by atomic mass is 16.3. The van der Waals surface area contributed by atoms with Crippen molar-refractivity contribution in [1.82, 2.24) is 9.97 Å². The molecule has 4 nitrogen and oxygen atoms in total. The van der Waals surface area contributed by atoms with E-state index in [1.807, 2.05) is 6.07 Å². The van der Waals surface area contributed by atoms with Gasteiger partial charge in [-0.2, -0.15) is 0 Å². The summed E-state index contributed by atoms with van der Waals surface area (Å²) in [4.78, 5) is 10.00. The molecule has 1 N–H and O–H groups in total. The standard InChI is InChI=1S/C8H11N3O/c12-7-2-4-11(5-7)8-1-3-9-6-10-8/h1,3,6-7,12H,2,4-5H2/t7-/m0/s1. The zero-order valence-electron chi connectivity index (χ0n) is 6.72. The summed E-state index contributed by atoms with van der Waals surface area (Å²) in [5, 5.41) is 9.28. The fraction of sp³-hybridized carbons (Fsp3) is 0.500. The summed E-state index contributed by atoms with van der Waals surface area (Å²) in [6.07, 6.45) is 3.89. The van der Waals surface area contributed by atoms with Gasteiger partial charge in [0, 0.05) is 19.3 Å². The molecule has 1 aromatic rings. The Morgan fingerprint density at radius 3 is 3.08 bits per heavy atom. The van der Waals surface area contributed by atoms with Crippen LogP contribution in [-0.2, 0) is 0 Å². The van der Waals surface area contributed by atoms with Gasteiger partial charge < -0.3 is 10.0 Å². The van der Waals surface area contributed by atoms with Crippen LogP contribution in [0.25, 0.3) is 0 Å². The van der Waals surface area contributed by atoms with Gasteiger partial charge in [0.05, 0.1) is 6.10 Å². The van der Waals surface area contributed by atoms with Gasteiger partial charge in [-0.3, -0.25) is 0 Å². The molecule has 4 heteroatoms. The van der Waals surface area contributed by atoms with Crippen LogP contribution in [-0.4, -0.2) is 34.3 Å². The van der Waals surface area contributed by atoms with Gasteiger partial charge in [-0.25, -0.2) is 9.97 Å². The first kappa shape index (κ1) is 7.49. The fourth-order valence-electron chi connectivity index (χ4n) is 1.42. The van der Waals surface area contributed by atoms with Crippen molar-refractivity contribution in [2.75, 3.05) is 18.0 Å². The molecule has 1 fully saturated rings. The second-order valence-corrected chi connectivity index (χ2v) is 2.96. The largest absolute Gasteiger partial charge is 0.391 e. The van der Waals surface area contributed by atoms with E-state index >= 15 is 0 Å². The van der Waals surface area contributed by atoms with Gasteiger partial charge in [-0.15, -0.1) is 0 Å². The third kappa shape index (κ3) is 1.38. The summed E-state index contributed by atoms with van der Waals surface area (Å²) < 4.78 is 0. The molecule has 2 rings (SSSR count). The van der Waals surface area contributed by atoms with Crippen molar-refractivity contribution in [3.63, 3.8) is 0 Å². The normalized spacial score (nSPS) is 23.1. The molecule has 0 bridgehead atoms. The van der Waals surface area contributed by atoms with Crippen molar-refractivity contribution in [2.24, 2.45) is 0 Å². The second kappa shape index (κ2) is 3.06. The van der Waals surface area contributed by atoms with Gasteiger partial charge in [0.1, 0.15) is 12.1 Å². The summed E-state index contributed by atoms with van der Waals surface area (Å²) in [5.41, 5.74) is 0. The molecular weight excluding hydrogens is 154 g/mol. The first-order valence-electron chi connectivity index (χ1n) is 4.05. The van der Waals surface area contributed by atoms with Crippen molar-refractivity contribution >= 4 is 5.82 Å². The highest BCUT2D eigenvalue weighted by molar-refractivity contribution is 5.37. The van der Waals surface area contributed by atoms with Crippen molar-refractivity contribution < 1.29 is 5.11 Å². The molecule has 1 aliphatic rings. The minimum atomic E-state index is -0.194. The average Bonchev–Trinajstić information content (AvgIpc) is 2.54. The maximum absolute atomic E-state index is 9.28. The van der Waals surface area contributed by atoms with Crippen LogP contribution in [0.5, 0.6) is 0 Å². The van der Waals surface area contributed by atoms with E-state index in [0.29, 0.717) is 6.54 Å². The van der Waals surface area contributed by atoms with Crippen molar-refractivity contribution in [3.05, 3.63) is 18.6 Å². The molecule has 1 aromatic heterocycles. The zero-order valence-corrected chi connectivity index (χ0v) is 6.72. The molecule has 0 saturated carbocycles. The van der Waals surface area contributed by atoms with Gasteiger partial charge in [0.25, 0.3) is 0 Å². The Bertz CT molecular complexity index is 252. The van der Waals surface area contributed by atoms with Crippen LogP contribution in [0.4, 0.5) is 5.82 Å². The number of hydrogen-bond acceptors (Lipinski definition) is 4. The molecule has 0 amide bonds. The summed E-state index contributed by atoms with van der Waals surface area (Å²) in [6, 6.07) is 1.86. The number of nitrogens with zero attached hydrogens (tertiary/aromatic N) is 3. The van der Waals surface area contributed by atoms with Crippen molar-refractivity contribution in [1.29, 1.82) is 0 Å². The van der Waals surface area contributed by atoms with E-state index in [1.165, 1.54) is 6.33 Å². The van der Waals surface area contributed by atoms with E-state index in [-0.39, 0.29) is 6.10 Å². The van der Waals surface area contributed by atoms with Crippen LogP contribution in [0.3, 0.4) is 0 Å². The number of hydrogen-bond donors (Lipinski definition) is 1. The average molecular weight is 165 g/mol. The first-order chi connectivity index (χ1) is 5.86. The number of aromatic nitrogens is 2. The fourth-order valence-corrected chi connectivity index (χ4v) is 1.42. The van der Waals surface area contributed by atoms with E-state index in [4.69, 9.17) is 0 Å². The van der Waals surface area contributed by atoms with Crippen molar-refractivity contribution in [2.45, 2.75) is 12.5 Å². The lowest BCUT2D eigenvalue weighted by atomic mass is 10.3. The van der Waals surface area contributed by atoms with Gasteiger partial charge in [0.15, 0.2) is 0 Å². The lowest BCUT2D eigenvalue weighted by Gasteiger charge is -2.15. The number of aliphatic hydroxyl groups is 1. The minimum Gasteiger partial charge on any atom is -0.391 e. The smallest absolute Gasteiger partial charge is 0.131 e. The minimum absolute atomic E-state index is 0.194. The van der Waals surface area contributed by atoms with E-state index in [2.05, 4.69) is 14.9 Å². The van der Waals surface area contributed by atoms with Crippen LogP contribution in [0.1, 0.15) is 6.42 Å². The monoisotopic (exact) mass is 165 g/mol. The highest BCUT2D eigenvalue weighted by Crippen LogP contribution is 2.16.